The molecule has 1 unspecified atom stereocenters. The second-order valence-electron chi connectivity index (χ2n) is 5.62. The first-order valence-electron chi connectivity index (χ1n) is 7.55. The summed E-state index contributed by atoms with van der Waals surface area (Å²) in [5.41, 5.74) is 3.62. The fraction of sp³-hybridized carbons (Fsp3) is 0.438. The second kappa shape index (κ2) is 7.14. The number of aromatic nitrogens is 1. The number of aryl methyl sites for hydroxylation is 2. The quantitative estimate of drug-likeness (QED) is 0.811. The average molecular weight is 337 g/mol. The van der Waals surface area contributed by atoms with Crippen molar-refractivity contribution in [1.29, 1.82) is 0 Å². The van der Waals surface area contributed by atoms with E-state index in [4.69, 9.17) is 4.52 Å². The van der Waals surface area contributed by atoms with Crippen LogP contribution in [0.2, 0.25) is 0 Å². The highest BCUT2D eigenvalue weighted by molar-refractivity contribution is 7.92. The lowest BCUT2D eigenvalue weighted by Crippen LogP contribution is -2.19. The summed E-state index contributed by atoms with van der Waals surface area (Å²) < 4.78 is 30.4. The number of nitrogens with zero attached hydrogens (tertiary/aromatic N) is 1. The van der Waals surface area contributed by atoms with Gasteiger partial charge in [0.05, 0.1) is 11.9 Å². The van der Waals surface area contributed by atoms with Crippen LogP contribution in [0.5, 0.6) is 0 Å². The topological polar surface area (TPSA) is 84.2 Å². The summed E-state index contributed by atoms with van der Waals surface area (Å²) in [6, 6.07) is 7.43. The van der Waals surface area contributed by atoms with Gasteiger partial charge in [-0.25, -0.2) is 8.42 Å². The van der Waals surface area contributed by atoms with Gasteiger partial charge in [-0.3, -0.25) is 4.72 Å². The summed E-state index contributed by atoms with van der Waals surface area (Å²) in [6.07, 6.45) is 1.97. The molecule has 0 aliphatic heterocycles. The zero-order chi connectivity index (χ0) is 17.0. The lowest BCUT2D eigenvalue weighted by molar-refractivity contribution is 0.389. The average Bonchev–Trinajstić information content (AvgIpc) is 2.83. The van der Waals surface area contributed by atoms with Crippen molar-refractivity contribution in [2.45, 2.75) is 39.8 Å². The third-order valence-electron chi connectivity index (χ3n) is 3.68. The molecule has 0 saturated carbocycles. The Morgan fingerprint density at radius 2 is 2.09 bits per heavy atom. The van der Waals surface area contributed by atoms with Gasteiger partial charge in [-0.05, 0) is 38.0 Å². The molecule has 0 spiro atoms. The zero-order valence-electron chi connectivity index (χ0n) is 13.9. The fourth-order valence-electron chi connectivity index (χ4n) is 2.40. The van der Waals surface area contributed by atoms with Crippen molar-refractivity contribution in [3.05, 3.63) is 46.8 Å². The van der Waals surface area contributed by atoms with Crippen LogP contribution < -0.4 is 10.0 Å². The van der Waals surface area contributed by atoms with Crippen molar-refractivity contribution in [2.24, 2.45) is 0 Å². The van der Waals surface area contributed by atoms with Gasteiger partial charge < -0.3 is 9.84 Å². The Balaban J connectivity index is 2.07. The largest absolute Gasteiger partial charge is 0.361 e. The SMILES string of the molecule is CCc1noc(C)c1CNC(C)c1cccc(NS(C)(=O)=O)c1. The minimum Gasteiger partial charge on any atom is -0.361 e. The van der Waals surface area contributed by atoms with Gasteiger partial charge in [-0.2, -0.15) is 0 Å². The normalized spacial score (nSPS) is 13.0. The molecule has 1 aromatic heterocycles. The Hall–Kier alpha value is -1.86. The molecular formula is C16H23N3O3S. The first-order chi connectivity index (χ1) is 10.8. The van der Waals surface area contributed by atoms with Gasteiger partial charge >= 0.3 is 0 Å². The zero-order valence-corrected chi connectivity index (χ0v) is 14.7. The van der Waals surface area contributed by atoms with Crippen LogP contribution in [0.25, 0.3) is 0 Å². The van der Waals surface area contributed by atoms with Gasteiger partial charge in [0.1, 0.15) is 5.76 Å². The van der Waals surface area contributed by atoms with Crippen LogP contribution in [0.1, 0.15) is 42.5 Å². The van der Waals surface area contributed by atoms with Crippen molar-refractivity contribution < 1.29 is 12.9 Å². The van der Waals surface area contributed by atoms with Crippen LogP contribution in [0.4, 0.5) is 5.69 Å². The summed E-state index contributed by atoms with van der Waals surface area (Å²) in [5.74, 6) is 0.828. The van der Waals surface area contributed by atoms with E-state index in [0.717, 1.165) is 35.3 Å². The van der Waals surface area contributed by atoms with Crippen LogP contribution >= 0.6 is 0 Å². The number of sulfonamides is 1. The molecule has 0 aliphatic carbocycles. The number of hydrogen-bond donors (Lipinski definition) is 2. The molecule has 7 heteroatoms. The molecule has 126 valence electrons. The first kappa shape index (κ1) is 17.5. The molecule has 6 nitrogen and oxygen atoms in total. The number of rotatable bonds is 7. The highest BCUT2D eigenvalue weighted by atomic mass is 32.2. The fourth-order valence-corrected chi connectivity index (χ4v) is 2.96. The van der Waals surface area contributed by atoms with Crippen molar-refractivity contribution in [2.75, 3.05) is 11.0 Å². The van der Waals surface area contributed by atoms with Gasteiger partial charge in [0.25, 0.3) is 0 Å². The minimum absolute atomic E-state index is 0.0651. The molecule has 0 aliphatic rings. The standard InChI is InChI=1S/C16H23N3O3S/c1-5-16-15(12(3)22-18-16)10-17-11(2)13-7-6-8-14(9-13)19-23(4,20)21/h6-9,11,17,19H,5,10H2,1-4H3. The maximum atomic E-state index is 11.3. The molecule has 0 amide bonds. The molecule has 0 fully saturated rings. The number of hydrogen-bond acceptors (Lipinski definition) is 5. The Bertz CT molecular complexity index is 769. The summed E-state index contributed by atoms with van der Waals surface area (Å²) in [6.45, 7) is 6.65. The van der Waals surface area contributed by atoms with E-state index >= 15 is 0 Å². The molecule has 2 aromatic rings. The van der Waals surface area contributed by atoms with E-state index in [1.807, 2.05) is 39.0 Å². The van der Waals surface area contributed by atoms with E-state index < -0.39 is 10.0 Å². The van der Waals surface area contributed by atoms with Crippen molar-refractivity contribution in [1.82, 2.24) is 10.5 Å². The van der Waals surface area contributed by atoms with E-state index in [1.54, 1.807) is 6.07 Å². The Kier molecular flexibility index (Phi) is 5.43. The molecule has 0 saturated heterocycles. The lowest BCUT2D eigenvalue weighted by atomic mass is 10.1. The van der Waals surface area contributed by atoms with E-state index in [-0.39, 0.29) is 6.04 Å². The monoisotopic (exact) mass is 337 g/mol. The summed E-state index contributed by atoms with van der Waals surface area (Å²) in [4.78, 5) is 0. The minimum atomic E-state index is -3.27. The molecule has 0 radical (unpaired) electrons. The van der Waals surface area contributed by atoms with Gasteiger partial charge in [-0.1, -0.05) is 24.2 Å². The van der Waals surface area contributed by atoms with Crippen LogP contribution in [0.3, 0.4) is 0 Å². The smallest absolute Gasteiger partial charge is 0.229 e. The first-order valence-corrected chi connectivity index (χ1v) is 9.44. The molecule has 1 aromatic carbocycles. The lowest BCUT2D eigenvalue weighted by Gasteiger charge is -2.15. The third kappa shape index (κ3) is 4.80. The predicted octanol–water partition coefficient (Wildman–Crippen LogP) is 2.77. The van der Waals surface area contributed by atoms with E-state index in [9.17, 15) is 8.42 Å². The number of nitrogens with one attached hydrogen (secondary N) is 2. The second-order valence-corrected chi connectivity index (χ2v) is 7.37. The summed E-state index contributed by atoms with van der Waals surface area (Å²) in [7, 11) is -3.27. The van der Waals surface area contributed by atoms with Gasteiger partial charge in [0.2, 0.25) is 10.0 Å². The highest BCUT2D eigenvalue weighted by Crippen LogP contribution is 2.20. The molecule has 2 N–H and O–H groups in total. The molecule has 1 heterocycles. The number of benzene rings is 1. The van der Waals surface area contributed by atoms with Gasteiger partial charge in [0.15, 0.2) is 0 Å². The van der Waals surface area contributed by atoms with Crippen molar-refractivity contribution >= 4 is 15.7 Å². The van der Waals surface area contributed by atoms with E-state index in [0.29, 0.717) is 12.2 Å². The molecule has 2 rings (SSSR count). The van der Waals surface area contributed by atoms with Crippen LogP contribution in [0, 0.1) is 6.92 Å². The molecule has 0 bridgehead atoms. The van der Waals surface area contributed by atoms with Crippen LogP contribution in [-0.4, -0.2) is 19.8 Å². The summed E-state index contributed by atoms with van der Waals surface area (Å²) in [5, 5.41) is 7.48. The Labute approximate surface area is 137 Å². The van der Waals surface area contributed by atoms with Gasteiger partial charge in [-0.15, -0.1) is 0 Å². The molecule has 1 atom stereocenters. The van der Waals surface area contributed by atoms with Crippen LogP contribution in [-0.2, 0) is 23.0 Å². The number of anilines is 1. The maximum absolute atomic E-state index is 11.3. The van der Waals surface area contributed by atoms with Crippen LogP contribution in [0.15, 0.2) is 28.8 Å². The highest BCUT2D eigenvalue weighted by Gasteiger charge is 2.13. The third-order valence-corrected chi connectivity index (χ3v) is 4.28. The Morgan fingerprint density at radius 1 is 1.35 bits per heavy atom. The van der Waals surface area contributed by atoms with Gasteiger partial charge in [0, 0.05) is 23.8 Å². The van der Waals surface area contributed by atoms with Crippen molar-refractivity contribution in [3.8, 4) is 0 Å². The van der Waals surface area contributed by atoms with Crippen molar-refractivity contribution in [3.63, 3.8) is 0 Å². The predicted molar refractivity (Wildman–Crippen MR) is 90.8 cm³/mol. The summed E-state index contributed by atoms with van der Waals surface area (Å²) >= 11 is 0. The molecule has 23 heavy (non-hydrogen) atoms. The maximum Gasteiger partial charge on any atom is 0.229 e. The van der Waals surface area contributed by atoms with E-state index in [2.05, 4.69) is 15.2 Å². The Morgan fingerprint density at radius 3 is 2.74 bits per heavy atom. The molecular weight excluding hydrogens is 314 g/mol. The van der Waals surface area contributed by atoms with E-state index in [1.165, 1.54) is 0 Å².